The molecule has 3 rings (SSSR count). The lowest BCUT2D eigenvalue weighted by molar-refractivity contribution is -0.126. The van der Waals surface area contributed by atoms with Gasteiger partial charge in [-0.25, -0.2) is 0 Å². The third-order valence-electron chi connectivity index (χ3n) is 4.01. The number of ether oxygens (including phenoxy) is 2. The summed E-state index contributed by atoms with van der Waals surface area (Å²) in [5.41, 5.74) is 0.741. The lowest BCUT2D eigenvalue weighted by Gasteiger charge is -2.22. The normalized spacial score (nSPS) is 19.0. The molecule has 8 heteroatoms. The number of benzene rings is 1. The maximum absolute atomic E-state index is 12.2. The number of likely N-dealkylation sites (N-methyl/N-ethyl adjacent to an activating group) is 1. The zero-order valence-electron chi connectivity index (χ0n) is 13.5. The van der Waals surface area contributed by atoms with E-state index in [0.717, 1.165) is 5.69 Å². The molecular weight excluding hydrogens is 334 g/mol. The van der Waals surface area contributed by atoms with Crippen LogP contribution in [0.3, 0.4) is 0 Å². The number of fused-ring (bicyclic) bond motifs is 1. The smallest absolute Gasteiger partial charge is 0.227 e. The lowest BCUT2D eigenvalue weighted by Crippen LogP contribution is -2.36. The minimum absolute atomic E-state index is 0. The van der Waals surface area contributed by atoms with Crippen LogP contribution < -0.4 is 25.0 Å². The number of rotatable bonds is 5. The number of carbonyl (C=O) groups excluding carboxylic acids is 2. The maximum atomic E-state index is 12.2. The second-order valence-corrected chi connectivity index (χ2v) is 5.63. The van der Waals surface area contributed by atoms with Crippen molar-refractivity contribution in [3.8, 4) is 11.5 Å². The molecule has 0 aliphatic carbocycles. The Morgan fingerprint density at radius 1 is 1.25 bits per heavy atom. The molecule has 1 aromatic carbocycles. The van der Waals surface area contributed by atoms with Crippen LogP contribution in [-0.4, -0.2) is 51.7 Å². The molecule has 0 radical (unpaired) electrons. The van der Waals surface area contributed by atoms with Gasteiger partial charge in [0.15, 0.2) is 11.5 Å². The van der Waals surface area contributed by atoms with Crippen LogP contribution in [-0.2, 0) is 9.59 Å². The van der Waals surface area contributed by atoms with E-state index in [0.29, 0.717) is 44.3 Å². The van der Waals surface area contributed by atoms with Crippen molar-refractivity contribution in [2.45, 2.75) is 6.42 Å². The van der Waals surface area contributed by atoms with E-state index in [1.165, 1.54) is 0 Å². The molecule has 2 aliphatic rings. The Morgan fingerprint density at radius 2 is 2.00 bits per heavy atom. The van der Waals surface area contributed by atoms with Crippen LogP contribution in [0.1, 0.15) is 6.42 Å². The first kappa shape index (κ1) is 18.4. The number of amides is 2. The summed E-state index contributed by atoms with van der Waals surface area (Å²) in [5.74, 6) is 0.896. The second kappa shape index (κ2) is 8.21. The predicted octanol–water partition coefficient (Wildman–Crippen LogP) is 0.568. The molecule has 0 saturated carbocycles. The van der Waals surface area contributed by atoms with Gasteiger partial charge in [-0.05, 0) is 19.2 Å². The van der Waals surface area contributed by atoms with Crippen molar-refractivity contribution in [3.63, 3.8) is 0 Å². The molecule has 2 heterocycles. The molecule has 2 amide bonds. The zero-order chi connectivity index (χ0) is 16.2. The molecule has 0 aromatic heterocycles. The maximum Gasteiger partial charge on any atom is 0.227 e. The quantitative estimate of drug-likeness (QED) is 0.755. The Labute approximate surface area is 147 Å². The number of carbonyl (C=O) groups is 2. The molecule has 1 atom stereocenters. The summed E-state index contributed by atoms with van der Waals surface area (Å²) in [5, 5.41) is 5.81. The highest BCUT2D eigenvalue weighted by molar-refractivity contribution is 6.00. The summed E-state index contributed by atoms with van der Waals surface area (Å²) in [4.78, 5) is 26.0. The van der Waals surface area contributed by atoms with Gasteiger partial charge in [0.25, 0.3) is 0 Å². The van der Waals surface area contributed by atoms with Crippen LogP contribution in [0, 0.1) is 5.92 Å². The second-order valence-electron chi connectivity index (χ2n) is 5.63. The molecule has 0 bridgehead atoms. The topological polar surface area (TPSA) is 79.9 Å². The van der Waals surface area contributed by atoms with Crippen LogP contribution in [0.4, 0.5) is 5.69 Å². The molecule has 1 aromatic rings. The Morgan fingerprint density at radius 3 is 2.75 bits per heavy atom. The summed E-state index contributed by atoms with van der Waals surface area (Å²) in [6, 6.07) is 5.43. The lowest BCUT2D eigenvalue weighted by atomic mass is 10.1. The SMILES string of the molecule is CNCCNC(=O)C1CC(=O)N(c2ccc3c(c2)OCCO3)C1.Cl. The number of halogens is 1. The van der Waals surface area contributed by atoms with Gasteiger partial charge in [-0.3, -0.25) is 9.59 Å². The van der Waals surface area contributed by atoms with E-state index >= 15 is 0 Å². The Hall–Kier alpha value is -1.99. The fourth-order valence-corrected chi connectivity index (χ4v) is 2.79. The first-order valence-electron chi connectivity index (χ1n) is 7.81. The molecule has 7 nitrogen and oxygen atoms in total. The average Bonchev–Trinajstić information content (AvgIpc) is 2.96. The van der Waals surface area contributed by atoms with E-state index in [4.69, 9.17) is 9.47 Å². The van der Waals surface area contributed by atoms with Crippen LogP contribution in [0.15, 0.2) is 18.2 Å². The minimum atomic E-state index is -0.312. The number of nitrogens with zero attached hydrogens (tertiary/aromatic N) is 1. The largest absolute Gasteiger partial charge is 0.486 e. The van der Waals surface area contributed by atoms with E-state index in [-0.39, 0.29) is 36.6 Å². The van der Waals surface area contributed by atoms with E-state index < -0.39 is 0 Å². The third kappa shape index (κ3) is 3.91. The van der Waals surface area contributed by atoms with Crippen LogP contribution in [0.25, 0.3) is 0 Å². The van der Waals surface area contributed by atoms with E-state index in [2.05, 4.69) is 10.6 Å². The van der Waals surface area contributed by atoms with E-state index in [9.17, 15) is 9.59 Å². The first-order chi connectivity index (χ1) is 11.2. The van der Waals surface area contributed by atoms with Gasteiger partial charge >= 0.3 is 0 Å². The van der Waals surface area contributed by atoms with E-state index in [1.807, 2.05) is 13.1 Å². The number of hydrogen-bond acceptors (Lipinski definition) is 5. The molecule has 1 unspecified atom stereocenters. The first-order valence-corrected chi connectivity index (χ1v) is 7.81. The molecule has 2 N–H and O–H groups in total. The standard InChI is InChI=1S/C16H21N3O4.ClH/c1-17-4-5-18-16(21)11-8-15(20)19(10-11)12-2-3-13-14(9-12)23-7-6-22-13;/h2-3,9,11,17H,4-8,10H2,1H3,(H,18,21);1H. The van der Waals surface area contributed by atoms with E-state index in [1.54, 1.807) is 17.0 Å². The fourth-order valence-electron chi connectivity index (χ4n) is 2.79. The molecule has 0 spiro atoms. The average molecular weight is 356 g/mol. The van der Waals surface area contributed by atoms with Gasteiger partial charge in [-0.1, -0.05) is 0 Å². The van der Waals surface area contributed by atoms with Crippen molar-refractivity contribution < 1.29 is 19.1 Å². The van der Waals surface area contributed by atoms with Crippen LogP contribution in [0.2, 0.25) is 0 Å². The summed E-state index contributed by atoms with van der Waals surface area (Å²) in [6.45, 7) is 2.69. The van der Waals surface area contributed by atoms with Gasteiger partial charge in [0.05, 0.1) is 5.92 Å². The molecule has 24 heavy (non-hydrogen) atoms. The Balaban J connectivity index is 0.00000208. The zero-order valence-corrected chi connectivity index (χ0v) is 14.4. The van der Waals surface area contributed by atoms with Crippen molar-refractivity contribution in [3.05, 3.63) is 18.2 Å². The van der Waals surface area contributed by atoms with Crippen molar-refractivity contribution >= 4 is 29.9 Å². The highest BCUT2D eigenvalue weighted by atomic mass is 35.5. The Kier molecular flexibility index (Phi) is 6.28. The summed E-state index contributed by atoms with van der Waals surface area (Å²) < 4.78 is 11.0. The number of hydrogen-bond donors (Lipinski definition) is 2. The molecule has 1 fully saturated rings. The summed E-state index contributed by atoms with van der Waals surface area (Å²) in [7, 11) is 1.83. The van der Waals surface area contributed by atoms with Crippen molar-refractivity contribution in [1.29, 1.82) is 0 Å². The van der Waals surface area contributed by atoms with Gasteiger partial charge in [0.2, 0.25) is 11.8 Å². The number of anilines is 1. The van der Waals surface area contributed by atoms with Crippen molar-refractivity contribution in [2.24, 2.45) is 5.92 Å². The molecule has 2 aliphatic heterocycles. The van der Waals surface area contributed by atoms with Gasteiger partial charge in [-0.2, -0.15) is 0 Å². The van der Waals surface area contributed by atoms with Gasteiger partial charge in [0.1, 0.15) is 13.2 Å². The van der Waals surface area contributed by atoms with Crippen molar-refractivity contribution in [1.82, 2.24) is 10.6 Å². The molecular formula is C16H22ClN3O4. The van der Waals surface area contributed by atoms with Crippen molar-refractivity contribution in [2.75, 3.05) is 44.8 Å². The van der Waals surface area contributed by atoms with Crippen LogP contribution >= 0.6 is 12.4 Å². The van der Waals surface area contributed by atoms with Gasteiger partial charge in [0, 0.05) is 37.8 Å². The summed E-state index contributed by atoms with van der Waals surface area (Å²) in [6.07, 6.45) is 0.236. The highest BCUT2D eigenvalue weighted by Gasteiger charge is 2.35. The molecule has 132 valence electrons. The Bertz CT molecular complexity index is 611. The highest BCUT2D eigenvalue weighted by Crippen LogP contribution is 2.35. The van der Waals surface area contributed by atoms with Gasteiger partial charge < -0.3 is 25.0 Å². The van der Waals surface area contributed by atoms with Crippen LogP contribution in [0.5, 0.6) is 11.5 Å². The predicted molar refractivity (Wildman–Crippen MR) is 92.1 cm³/mol. The molecule has 1 saturated heterocycles. The fraction of sp³-hybridized carbons (Fsp3) is 0.500. The van der Waals surface area contributed by atoms with Gasteiger partial charge in [-0.15, -0.1) is 12.4 Å². The summed E-state index contributed by atoms with van der Waals surface area (Å²) >= 11 is 0. The number of nitrogens with one attached hydrogen (secondary N) is 2. The monoisotopic (exact) mass is 355 g/mol. The minimum Gasteiger partial charge on any atom is -0.486 e. The third-order valence-corrected chi connectivity index (χ3v) is 4.01.